The van der Waals surface area contributed by atoms with Gasteiger partial charge in [-0.1, -0.05) is 12.1 Å². The first-order valence-corrected chi connectivity index (χ1v) is 33.5. The van der Waals surface area contributed by atoms with Gasteiger partial charge in [0.25, 0.3) is 0 Å². The van der Waals surface area contributed by atoms with Crippen LogP contribution in [0.25, 0.3) is 21.5 Å². The van der Waals surface area contributed by atoms with Gasteiger partial charge in [-0.25, -0.2) is 42.1 Å². The summed E-state index contributed by atoms with van der Waals surface area (Å²) in [6.45, 7) is 8.52. The molecule has 25 nitrogen and oxygen atoms in total. The van der Waals surface area contributed by atoms with Gasteiger partial charge in [-0.15, -0.1) is 0 Å². The highest BCUT2D eigenvalue weighted by Gasteiger charge is 2.49. The van der Waals surface area contributed by atoms with Gasteiger partial charge in [-0.3, -0.25) is 4.79 Å². The van der Waals surface area contributed by atoms with Gasteiger partial charge in [0.2, 0.25) is 5.69 Å². The van der Waals surface area contributed by atoms with Crippen LogP contribution in [0.1, 0.15) is 76.8 Å². The van der Waals surface area contributed by atoms with E-state index in [1.165, 1.54) is 18.2 Å². The predicted octanol–water partition coefficient (Wildman–Crippen LogP) is 4.29. The van der Waals surface area contributed by atoms with Gasteiger partial charge in [0.05, 0.1) is 101 Å². The molecule has 2 aliphatic rings. The monoisotopic (exact) mass is 1260 g/mol. The fourth-order valence-corrected chi connectivity index (χ4v) is 13.9. The lowest BCUT2D eigenvalue weighted by Gasteiger charge is -2.31. The lowest BCUT2D eigenvalue weighted by molar-refractivity contribution is -0.438. The van der Waals surface area contributed by atoms with Gasteiger partial charge in [-0.2, -0.15) is 4.58 Å². The highest BCUT2D eigenvalue weighted by Crippen LogP contribution is 2.54. The first-order valence-electron chi connectivity index (χ1n) is 26.3. The van der Waals surface area contributed by atoms with Crippen molar-refractivity contribution < 1.29 is 108 Å². The lowest BCUT2D eigenvalue weighted by Crippen LogP contribution is -2.33. The molecule has 0 amide bonds. The molecule has 0 spiro atoms. The molecular formula is C53H66N2O23S5-4. The van der Waals surface area contributed by atoms with Gasteiger partial charge in [-0.05, 0) is 117 Å². The van der Waals surface area contributed by atoms with Gasteiger partial charge >= 0.3 is 5.97 Å². The summed E-state index contributed by atoms with van der Waals surface area (Å²) >= 11 is 0. The third-order valence-electron chi connectivity index (χ3n) is 14.4. The number of carboxylic acids is 1. The molecule has 2 aliphatic heterocycles. The number of benzene rings is 4. The van der Waals surface area contributed by atoms with E-state index in [-0.39, 0.29) is 98.9 Å². The Morgan fingerprint density at radius 1 is 0.590 bits per heavy atom. The predicted molar refractivity (Wildman–Crippen MR) is 295 cm³/mol. The summed E-state index contributed by atoms with van der Waals surface area (Å²) in [6.07, 6.45) is 5.50. The van der Waals surface area contributed by atoms with E-state index >= 15 is 0 Å². The molecule has 0 saturated heterocycles. The Balaban J connectivity index is 1.45. The maximum Gasteiger partial charge on any atom is 0.303 e. The van der Waals surface area contributed by atoms with E-state index in [0.29, 0.717) is 99.4 Å². The number of allylic oxidation sites excluding steroid dienone is 4. The average molecular weight is 1260 g/mol. The number of ether oxygens (including phenoxy) is 6. The molecule has 83 heavy (non-hydrogen) atoms. The Hall–Kier alpha value is -4.87. The fraction of sp³-hybridized carbons (Fsp3) is 0.509. The van der Waals surface area contributed by atoms with Gasteiger partial charge < -0.3 is 61.2 Å². The van der Waals surface area contributed by atoms with Crippen LogP contribution in [0.2, 0.25) is 0 Å². The smallest absolute Gasteiger partial charge is 0.303 e. The summed E-state index contributed by atoms with van der Waals surface area (Å²) in [6, 6.07) is 8.55. The number of carbonyl (C=O) groups is 1. The van der Waals surface area contributed by atoms with Gasteiger partial charge in [0, 0.05) is 78.7 Å². The number of rotatable bonds is 35. The molecule has 0 aromatic heterocycles. The maximum atomic E-state index is 12.9. The molecule has 0 aliphatic carbocycles. The van der Waals surface area contributed by atoms with Crippen molar-refractivity contribution in [3.8, 4) is 0 Å². The number of aliphatic carboxylic acids is 1. The molecule has 6 rings (SSSR count). The number of anilines is 1. The zero-order valence-corrected chi connectivity index (χ0v) is 50.1. The van der Waals surface area contributed by atoms with E-state index in [0.717, 1.165) is 12.1 Å². The summed E-state index contributed by atoms with van der Waals surface area (Å²) in [5.74, 6) is -1.86. The standard InChI is InChI=1S/C53H70N2O23S5/c1-5-54-43-16-14-39-41(33-37(80(61,62)63)35-45(39)82(67,68)69)50(43)52(2,18-10-32-79(58,59)60)47(54)11-9-12-48-53(3,19-21-74-24-25-76-28-29-78-31-30-77-27-26-75-23-22-73-4)51-42-34-38(81(64,65)66)36-46(83(70,71)72)40(42)15-17-44(51)55(48)20-8-6-7-13-49(56)57/h9,11-12,14-17,33-36H,5-8,10,13,18-32H2,1-4H3,(H5-,56,57,58,59,60,61,62,63,64,65,66,67,68,69,70,71,72)/p-4. The topological polar surface area (TPSA) is 385 Å². The maximum absolute atomic E-state index is 12.9. The number of hydrogen-bond donors (Lipinski definition) is 1. The van der Waals surface area contributed by atoms with E-state index in [4.69, 9.17) is 28.4 Å². The highest BCUT2D eigenvalue weighted by molar-refractivity contribution is 7.87. The minimum absolute atomic E-state index is 0.0231. The molecule has 4 aromatic rings. The van der Waals surface area contributed by atoms with Crippen LogP contribution in [0.3, 0.4) is 0 Å². The van der Waals surface area contributed by atoms with Crippen LogP contribution in [-0.4, -0.2) is 185 Å². The van der Waals surface area contributed by atoms with Crippen molar-refractivity contribution >= 4 is 95.2 Å². The molecule has 0 saturated carbocycles. The van der Waals surface area contributed by atoms with Gasteiger partial charge in [0.1, 0.15) is 47.0 Å². The second-order valence-electron chi connectivity index (χ2n) is 20.0. The van der Waals surface area contributed by atoms with Crippen molar-refractivity contribution in [1.29, 1.82) is 0 Å². The van der Waals surface area contributed by atoms with E-state index in [2.05, 4.69) is 0 Å². The van der Waals surface area contributed by atoms with Crippen LogP contribution >= 0.6 is 0 Å². The lowest BCUT2D eigenvalue weighted by atomic mass is 9.74. The molecule has 1 N–H and O–H groups in total. The van der Waals surface area contributed by atoms with Crippen LogP contribution < -0.4 is 4.90 Å². The summed E-state index contributed by atoms with van der Waals surface area (Å²) in [5, 5.41) is 8.78. The van der Waals surface area contributed by atoms with Crippen LogP contribution in [0.5, 0.6) is 0 Å². The highest BCUT2D eigenvalue weighted by atomic mass is 32.2. The SMILES string of the molecule is CCN1C(=CC=CC2=[N+](CCCCCC(=O)O)c3ccc4c(S(=O)(=O)[O-])cc(S(=O)(=O)[O-])cc4c3C2(C)CCOCCOCCOCCOCCOCCOC)C(C)(CCCS(=O)(=O)[O-])c2c1ccc1c(S(=O)(=O)[O-])cc(S(=O)(=O)[O-])cc21. The van der Waals surface area contributed by atoms with Crippen molar-refractivity contribution in [2.45, 2.75) is 96.1 Å². The molecular weight excluding hydrogens is 1190 g/mol. The van der Waals surface area contributed by atoms with Crippen molar-refractivity contribution in [1.82, 2.24) is 0 Å². The Kier molecular flexibility index (Phi) is 22.8. The molecule has 2 heterocycles. The van der Waals surface area contributed by atoms with Crippen molar-refractivity contribution in [3.63, 3.8) is 0 Å². The van der Waals surface area contributed by atoms with E-state index in [1.54, 1.807) is 57.1 Å². The molecule has 4 aromatic carbocycles. The molecule has 0 fully saturated rings. The van der Waals surface area contributed by atoms with E-state index in [1.807, 2.05) is 4.58 Å². The third kappa shape index (κ3) is 16.8. The van der Waals surface area contributed by atoms with Crippen molar-refractivity contribution in [2.75, 3.05) is 104 Å². The second kappa shape index (κ2) is 28.1. The van der Waals surface area contributed by atoms with Crippen LogP contribution in [0.4, 0.5) is 11.4 Å². The molecule has 0 bridgehead atoms. The molecule has 2 unspecified atom stereocenters. The number of hydrogen-bond acceptors (Lipinski definition) is 23. The average Bonchev–Trinajstić information content (AvgIpc) is 1.75. The number of likely N-dealkylation sites (N-methyl/N-ethyl adjacent to an activating group) is 1. The Morgan fingerprint density at radius 2 is 1.08 bits per heavy atom. The van der Waals surface area contributed by atoms with Gasteiger partial charge in [0.15, 0.2) is 5.71 Å². The van der Waals surface area contributed by atoms with Crippen LogP contribution in [0, 0.1) is 0 Å². The quantitative estimate of drug-likeness (QED) is 0.0381. The second-order valence-corrected chi connectivity index (χ2v) is 27.0. The Morgan fingerprint density at radius 3 is 1.55 bits per heavy atom. The Labute approximate surface area is 483 Å². The zero-order valence-electron chi connectivity index (χ0n) is 46.1. The third-order valence-corrected chi connectivity index (χ3v) is 18.6. The number of fused-ring (bicyclic) bond motifs is 6. The summed E-state index contributed by atoms with van der Waals surface area (Å²) in [7, 11) is -24.9. The number of methoxy groups -OCH3 is 1. The van der Waals surface area contributed by atoms with E-state index in [9.17, 15) is 74.8 Å². The first kappa shape index (κ1) is 67.3. The fourth-order valence-electron chi connectivity index (χ4n) is 10.7. The largest absolute Gasteiger partial charge is 0.748 e. The number of carboxylic acid groups (broad SMARTS) is 1. The van der Waals surface area contributed by atoms with Crippen LogP contribution in [-0.2, 0) is 94.6 Å². The normalized spacial score (nSPS) is 18.4. The first-order chi connectivity index (χ1) is 38.9. The number of unbranched alkanes of at least 4 members (excludes halogenated alkanes) is 2. The Bertz CT molecular complexity index is 3720. The van der Waals surface area contributed by atoms with Crippen molar-refractivity contribution in [3.05, 3.63) is 83.6 Å². The molecule has 30 heteroatoms. The molecule has 460 valence electrons. The minimum Gasteiger partial charge on any atom is -0.748 e. The molecule has 2 atom stereocenters. The van der Waals surface area contributed by atoms with Crippen LogP contribution in [0.15, 0.2) is 92.0 Å². The zero-order chi connectivity index (χ0) is 61.2. The summed E-state index contributed by atoms with van der Waals surface area (Å²) < 4.78 is 223. The van der Waals surface area contributed by atoms with Crippen molar-refractivity contribution in [2.24, 2.45) is 0 Å². The van der Waals surface area contributed by atoms with E-state index < -0.39 is 92.7 Å². The summed E-state index contributed by atoms with van der Waals surface area (Å²) in [5.41, 5.74) is -0.633. The number of nitrogens with zero attached hydrogens (tertiary/aromatic N) is 2. The molecule has 0 radical (unpaired) electrons. The summed E-state index contributed by atoms with van der Waals surface area (Å²) in [4.78, 5) is 9.26. The minimum atomic E-state index is -5.43.